The molecule has 0 saturated heterocycles. The predicted octanol–water partition coefficient (Wildman–Crippen LogP) is 1.58. The maximum Gasteiger partial charge on any atom is 0.0125 e. The van der Waals surface area contributed by atoms with Gasteiger partial charge in [0, 0.05) is 25.2 Å². The normalized spacial score (nSPS) is 30.3. The molecule has 0 atom stereocenters. The molecule has 0 unspecified atom stereocenters. The van der Waals surface area contributed by atoms with E-state index in [1.165, 1.54) is 38.8 Å². The molecule has 0 spiro atoms. The predicted molar refractivity (Wildman–Crippen MR) is 66.4 cm³/mol. The summed E-state index contributed by atoms with van der Waals surface area (Å²) in [5.74, 6) is 0. The van der Waals surface area contributed by atoms with Crippen molar-refractivity contribution in [3.63, 3.8) is 0 Å². The zero-order valence-electron chi connectivity index (χ0n) is 9.73. The van der Waals surface area contributed by atoms with Crippen LogP contribution in [0.3, 0.4) is 0 Å². The summed E-state index contributed by atoms with van der Waals surface area (Å²) in [6, 6.07) is 10.1. The summed E-state index contributed by atoms with van der Waals surface area (Å²) in [7, 11) is 0. The lowest BCUT2D eigenvalue weighted by atomic mass is 9.86. The van der Waals surface area contributed by atoms with Gasteiger partial charge in [-0.05, 0) is 36.8 Å². The van der Waals surface area contributed by atoms with Crippen molar-refractivity contribution in [3.8, 4) is 0 Å². The van der Waals surface area contributed by atoms with E-state index in [9.17, 15) is 0 Å². The Morgan fingerprint density at radius 2 is 1.56 bits per heavy atom. The third-order valence-electron chi connectivity index (χ3n) is 4.12. The average molecular weight is 216 g/mol. The fourth-order valence-electron chi connectivity index (χ4n) is 2.98. The number of benzene rings is 1. The van der Waals surface area contributed by atoms with E-state index >= 15 is 0 Å². The van der Waals surface area contributed by atoms with Crippen molar-refractivity contribution < 1.29 is 0 Å². The second kappa shape index (κ2) is 4.19. The summed E-state index contributed by atoms with van der Waals surface area (Å²) in [4.78, 5) is 2.64. The Balaban J connectivity index is 1.68. The van der Waals surface area contributed by atoms with Crippen LogP contribution >= 0.6 is 0 Å². The van der Waals surface area contributed by atoms with Crippen LogP contribution in [0.4, 0.5) is 0 Å². The molecule has 2 N–H and O–H groups in total. The molecule has 0 radical (unpaired) electrons. The smallest absolute Gasteiger partial charge is 0.0125 e. The molecule has 1 saturated carbocycles. The van der Waals surface area contributed by atoms with E-state index in [4.69, 9.17) is 5.73 Å². The van der Waals surface area contributed by atoms with Crippen LogP contribution in [0.15, 0.2) is 24.3 Å². The van der Waals surface area contributed by atoms with Gasteiger partial charge >= 0.3 is 0 Å². The van der Waals surface area contributed by atoms with E-state index in [0.29, 0.717) is 6.04 Å². The van der Waals surface area contributed by atoms with Gasteiger partial charge in [0.2, 0.25) is 0 Å². The molecule has 1 aliphatic carbocycles. The van der Waals surface area contributed by atoms with E-state index in [2.05, 4.69) is 29.2 Å². The Morgan fingerprint density at radius 1 is 1.00 bits per heavy atom. The molecule has 1 aliphatic heterocycles. The molecule has 16 heavy (non-hydrogen) atoms. The van der Waals surface area contributed by atoms with E-state index in [1.807, 2.05) is 0 Å². The first-order valence-electron chi connectivity index (χ1n) is 6.39. The molecule has 0 amide bonds. The second-order valence-corrected chi connectivity index (χ2v) is 5.19. The van der Waals surface area contributed by atoms with E-state index in [-0.39, 0.29) is 0 Å². The van der Waals surface area contributed by atoms with Crippen molar-refractivity contribution in [2.24, 2.45) is 5.73 Å². The van der Waals surface area contributed by atoms with Gasteiger partial charge in [0.15, 0.2) is 0 Å². The van der Waals surface area contributed by atoms with Crippen LogP contribution in [0.1, 0.15) is 24.0 Å². The molecule has 1 fully saturated rings. The van der Waals surface area contributed by atoms with Gasteiger partial charge in [-0.2, -0.15) is 0 Å². The van der Waals surface area contributed by atoms with Crippen LogP contribution in [0, 0.1) is 0 Å². The zero-order valence-corrected chi connectivity index (χ0v) is 9.73. The van der Waals surface area contributed by atoms with Crippen LogP contribution in [-0.2, 0) is 12.8 Å². The van der Waals surface area contributed by atoms with Gasteiger partial charge in [-0.3, -0.25) is 4.90 Å². The van der Waals surface area contributed by atoms with Gasteiger partial charge in [0.25, 0.3) is 0 Å². The Morgan fingerprint density at radius 3 is 2.06 bits per heavy atom. The molecule has 1 aromatic carbocycles. The van der Waals surface area contributed by atoms with Crippen molar-refractivity contribution in [1.82, 2.24) is 4.90 Å². The van der Waals surface area contributed by atoms with Gasteiger partial charge in [-0.1, -0.05) is 24.3 Å². The minimum atomic E-state index is 0.468. The van der Waals surface area contributed by atoms with Gasteiger partial charge in [0.05, 0.1) is 0 Å². The van der Waals surface area contributed by atoms with Crippen molar-refractivity contribution in [3.05, 3.63) is 35.4 Å². The molecule has 0 bridgehead atoms. The quantitative estimate of drug-likeness (QED) is 0.772. The number of nitrogens with two attached hydrogens (primary N) is 1. The molecule has 2 aliphatic rings. The molecule has 86 valence electrons. The van der Waals surface area contributed by atoms with E-state index < -0.39 is 0 Å². The highest BCUT2D eigenvalue weighted by molar-refractivity contribution is 5.28. The molecule has 3 rings (SSSR count). The molecule has 2 nitrogen and oxygen atoms in total. The Labute approximate surface area is 97.4 Å². The number of hydrogen-bond donors (Lipinski definition) is 1. The third kappa shape index (κ3) is 1.87. The maximum atomic E-state index is 5.87. The Kier molecular flexibility index (Phi) is 2.70. The summed E-state index contributed by atoms with van der Waals surface area (Å²) < 4.78 is 0. The van der Waals surface area contributed by atoms with Crippen molar-refractivity contribution in [2.45, 2.75) is 37.8 Å². The Bertz CT molecular complexity index is 342. The summed E-state index contributed by atoms with van der Waals surface area (Å²) in [6.07, 6.45) is 4.83. The summed E-state index contributed by atoms with van der Waals surface area (Å²) in [5, 5.41) is 0. The van der Waals surface area contributed by atoms with Crippen LogP contribution in [0.25, 0.3) is 0 Å². The second-order valence-electron chi connectivity index (χ2n) is 5.19. The van der Waals surface area contributed by atoms with Crippen LogP contribution in [0.5, 0.6) is 0 Å². The summed E-state index contributed by atoms with van der Waals surface area (Å²) in [6.45, 7) is 2.43. The SMILES string of the molecule is NC1CC(N2CCc3ccccc3CC2)C1. The minimum absolute atomic E-state index is 0.468. The van der Waals surface area contributed by atoms with Crippen LogP contribution in [-0.4, -0.2) is 30.1 Å². The first-order valence-corrected chi connectivity index (χ1v) is 6.39. The highest BCUT2D eigenvalue weighted by Crippen LogP contribution is 2.26. The van der Waals surface area contributed by atoms with Crippen LogP contribution in [0.2, 0.25) is 0 Å². The van der Waals surface area contributed by atoms with Crippen molar-refractivity contribution >= 4 is 0 Å². The van der Waals surface area contributed by atoms with Crippen molar-refractivity contribution in [2.75, 3.05) is 13.1 Å². The van der Waals surface area contributed by atoms with E-state index in [1.54, 1.807) is 11.1 Å². The van der Waals surface area contributed by atoms with E-state index in [0.717, 1.165) is 6.04 Å². The zero-order chi connectivity index (χ0) is 11.0. The monoisotopic (exact) mass is 216 g/mol. The van der Waals surface area contributed by atoms with Gasteiger partial charge in [-0.25, -0.2) is 0 Å². The Hall–Kier alpha value is -0.860. The first kappa shape index (κ1) is 10.3. The van der Waals surface area contributed by atoms with Gasteiger partial charge in [-0.15, -0.1) is 0 Å². The van der Waals surface area contributed by atoms with Crippen LogP contribution < -0.4 is 5.73 Å². The molecular weight excluding hydrogens is 196 g/mol. The molecule has 1 aromatic rings. The lowest BCUT2D eigenvalue weighted by molar-refractivity contribution is 0.115. The number of rotatable bonds is 1. The summed E-state index contributed by atoms with van der Waals surface area (Å²) in [5.41, 5.74) is 8.97. The fraction of sp³-hybridized carbons (Fsp3) is 0.571. The lowest BCUT2D eigenvalue weighted by Crippen LogP contribution is -2.51. The van der Waals surface area contributed by atoms with Gasteiger partial charge in [0.1, 0.15) is 0 Å². The highest BCUT2D eigenvalue weighted by atomic mass is 15.2. The third-order valence-corrected chi connectivity index (χ3v) is 4.12. The number of fused-ring (bicyclic) bond motifs is 1. The first-order chi connectivity index (χ1) is 7.83. The molecule has 0 aromatic heterocycles. The molecule has 2 heteroatoms. The maximum absolute atomic E-state index is 5.87. The summed E-state index contributed by atoms with van der Waals surface area (Å²) >= 11 is 0. The fourth-order valence-corrected chi connectivity index (χ4v) is 2.98. The largest absolute Gasteiger partial charge is 0.328 e. The standard InChI is InChI=1S/C14H20N2/c15-13-9-14(10-13)16-7-5-11-3-1-2-4-12(11)6-8-16/h1-4,13-14H,5-10,15H2. The van der Waals surface area contributed by atoms with Gasteiger partial charge < -0.3 is 5.73 Å². The highest BCUT2D eigenvalue weighted by Gasteiger charge is 2.31. The number of hydrogen-bond acceptors (Lipinski definition) is 2. The average Bonchev–Trinajstić information content (AvgIpc) is 2.47. The molecular formula is C14H20N2. The number of nitrogens with zero attached hydrogens (tertiary/aromatic N) is 1. The minimum Gasteiger partial charge on any atom is -0.328 e. The molecule has 1 heterocycles. The lowest BCUT2D eigenvalue weighted by Gasteiger charge is -2.41. The topological polar surface area (TPSA) is 29.3 Å². The van der Waals surface area contributed by atoms with Crippen molar-refractivity contribution in [1.29, 1.82) is 0 Å².